The van der Waals surface area contributed by atoms with Crippen molar-refractivity contribution >= 4 is 5.97 Å². The lowest BCUT2D eigenvalue weighted by Crippen LogP contribution is -2.18. The van der Waals surface area contributed by atoms with E-state index < -0.39 is 5.97 Å². The predicted molar refractivity (Wildman–Crippen MR) is 65.4 cm³/mol. The number of esters is 1. The number of benzene rings is 1. The Kier molecular flexibility index (Phi) is 3.79. The van der Waals surface area contributed by atoms with E-state index in [1.54, 1.807) is 12.1 Å². The van der Waals surface area contributed by atoms with Crippen LogP contribution in [0.5, 0.6) is 5.75 Å². The number of hydrogen-bond donors (Lipinski definition) is 0. The Morgan fingerprint density at radius 2 is 1.94 bits per heavy atom. The van der Waals surface area contributed by atoms with Crippen molar-refractivity contribution in [1.29, 1.82) is 0 Å². The molecule has 1 aromatic carbocycles. The second-order valence-electron chi connectivity index (χ2n) is 4.16. The van der Waals surface area contributed by atoms with Gasteiger partial charge in [-0.2, -0.15) is 0 Å². The maximum absolute atomic E-state index is 10.9. The summed E-state index contributed by atoms with van der Waals surface area (Å²) in [5.41, 5.74) is 1.23. The number of carbonyl (C=O) groups is 1. The van der Waals surface area contributed by atoms with E-state index >= 15 is 0 Å². The van der Waals surface area contributed by atoms with Crippen LogP contribution in [-0.4, -0.2) is 24.0 Å². The van der Waals surface area contributed by atoms with Crippen molar-refractivity contribution < 1.29 is 9.53 Å². The van der Waals surface area contributed by atoms with E-state index in [1.807, 2.05) is 18.1 Å². The predicted octanol–water partition coefficient (Wildman–Crippen LogP) is 1.82. The molecule has 0 amide bonds. The number of likely N-dealkylation sites (tertiary alicyclic amines) is 1. The first-order chi connectivity index (χ1) is 8.28. The van der Waals surface area contributed by atoms with Crippen LogP contribution < -0.4 is 4.74 Å². The Labute approximate surface area is 101 Å². The Morgan fingerprint density at radius 3 is 2.53 bits per heavy atom. The molecule has 1 fully saturated rings. The van der Waals surface area contributed by atoms with Crippen LogP contribution in [0.3, 0.4) is 0 Å². The molecule has 3 nitrogen and oxygen atoms in total. The average Bonchev–Trinajstić information content (AvgIpc) is 2.84. The van der Waals surface area contributed by atoms with Crippen LogP contribution in [0.1, 0.15) is 18.4 Å². The Balaban J connectivity index is 1.93. The highest BCUT2D eigenvalue weighted by Crippen LogP contribution is 2.16. The maximum Gasteiger partial charge on any atom is 0.389 e. The number of nitrogens with zero attached hydrogens (tertiary/aromatic N) is 1. The topological polar surface area (TPSA) is 29.5 Å². The van der Waals surface area contributed by atoms with Gasteiger partial charge in [-0.25, -0.2) is 4.79 Å². The first kappa shape index (κ1) is 11.7. The molecule has 0 N–H and O–H groups in total. The molecule has 1 aliphatic rings. The molecule has 0 aromatic heterocycles. The summed E-state index contributed by atoms with van der Waals surface area (Å²) in [6.07, 6.45) is 7.51. The van der Waals surface area contributed by atoms with Crippen molar-refractivity contribution in [1.82, 2.24) is 4.90 Å². The van der Waals surface area contributed by atoms with Crippen LogP contribution >= 0.6 is 0 Å². The third kappa shape index (κ3) is 3.33. The zero-order valence-electron chi connectivity index (χ0n) is 9.69. The van der Waals surface area contributed by atoms with E-state index in [4.69, 9.17) is 11.2 Å². The largest absolute Gasteiger partial charge is 0.417 e. The fraction of sp³-hybridized carbons (Fsp3) is 0.357. The van der Waals surface area contributed by atoms with Crippen LogP contribution in [0.2, 0.25) is 0 Å². The van der Waals surface area contributed by atoms with E-state index in [0.29, 0.717) is 5.75 Å². The molecule has 0 unspecified atom stereocenters. The molecule has 0 bridgehead atoms. The van der Waals surface area contributed by atoms with E-state index in [0.717, 1.165) is 6.54 Å². The van der Waals surface area contributed by atoms with Crippen molar-refractivity contribution in [3.63, 3.8) is 0 Å². The summed E-state index contributed by atoms with van der Waals surface area (Å²) < 4.78 is 4.90. The summed E-state index contributed by atoms with van der Waals surface area (Å²) in [5.74, 6) is 1.76. The minimum Gasteiger partial charge on any atom is -0.417 e. The first-order valence-corrected chi connectivity index (χ1v) is 5.77. The summed E-state index contributed by atoms with van der Waals surface area (Å²) in [5, 5.41) is 0. The molecule has 1 saturated heterocycles. The molecule has 0 radical (unpaired) electrons. The number of terminal acetylenes is 1. The van der Waals surface area contributed by atoms with Crippen LogP contribution in [0, 0.1) is 12.3 Å². The first-order valence-electron chi connectivity index (χ1n) is 5.77. The van der Waals surface area contributed by atoms with Crippen LogP contribution in [0.15, 0.2) is 24.3 Å². The SMILES string of the molecule is C#CC(=O)Oc1ccc(CN2CCCC2)cc1. The van der Waals surface area contributed by atoms with Gasteiger partial charge in [0.25, 0.3) is 0 Å². The van der Waals surface area contributed by atoms with Crippen molar-refractivity contribution in [2.45, 2.75) is 19.4 Å². The van der Waals surface area contributed by atoms with Gasteiger partial charge in [-0.15, -0.1) is 6.42 Å². The fourth-order valence-corrected chi connectivity index (χ4v) is 2.00. The highest BCUT2D eigenvalue weighted by Gasteiger charge is 2.11. The Hall–Kier alpha value is -1.79. The van der Waals surface area contributed by atoms with Gasteiger partial charge in [0, 0.05) is 12.5 Å². The molecule has 3 heteroatoms. The molecular weight excluding hydrogens is 214 g/mol. The van der Waals surface area contributed by atoms with Gasteiger partial charge in [0.05, 0.1) is 0 Å². The Bertz CT molecular complexity index is 425. The maximum atomic E-state index is 10.9. The molecule has 17 heavy (non-hydrogen) atoms. The standard InChI is InChI=1S/C14H15NO2/c1-2-14(16)17-13-7-5-12(6-8-13)11-15-9-3-4-10-15/h1,5-8H,3-4,9-11H2. The summed E-state index contributed by atoms with van der Waals surface area (Å²) in [7, 11) is 0. The Morgan fingerprint density at radius 1 is 1.29 bits per heavy atom. The third-order valence-electron chi connectivity index (χ3n) is 2.86. The smallest absolute Gasteiger partial charge is 0.389 e. The number of carbonyl (C=O) groups excluding carboxylic acids is 1. The minimum atomic E-state index is -0.655. The molecule has 1 aromatic rings. The fourth-order valence-electron chi connectivity index (χ4n) is 2.00. The van der Waals surface area contributed by atoms with E-state index in [9.17, 15) is 4.79 Å². The molecule has 1 aliphatic heterocycles. The highest BCUT2D eigenvalue weighted by molar-refractivity contribution is 5.89. The van der Waals surface area contributed by atoms with Gasteiger partial charge in [-0.05, 0) is 43.6 Å². The van der Waals surface area contributed by atoms with Crippen molar-refractivity contribution in [3.05, 3.63) is 29.8 Å². The molecule has 0 atom stereocenters. The summed E-state index contributed by atoms with van der Waals surface area (Å²) in [6.45, 7) is 3.31. The van der Waals surface area contributed by atoms with Gasteiger partial charge in [0.2, 0.25) is 0 Å². The second-order valence-corrected chi connectivity index (χ2v) is 4.16. The van der Waals surface area contributed by atoms with Gasteiger partial charge in [-0.3, -0.25) is 4.90 Å². The van der Waals surface area contributed by atoms with Crippen LogP contribution in [0.4, 0.5) is 0 Å². The molecular formula is C14H15NO2. The number of ether oxygens (including phenoxy) is 1. The monoisotopic (exact) mass is 229 g/mol. The molecule has 0 spiro atoms. The highest BCUT2D eigenvalue weighted by atomic mass is 16.5. The zero-order chi connectivity index (χ0) is 12.1. The summed E-state index contributed by atoms with van der Waals surface area (Å²) >= 11 is 0. The van der Waals surface area contributed by atoms with Crippen LogP contribution in [-0.2, 0) is 11.3 Å². The lowest BCUT2D eigenvalue weighted by Gasteiger charge is -2.14. The van der Waals surface area contributed by atoms with E-state index in [-0.39, 0.29) is 0 Å². The molecule has 0 saturated carbocycles. The van der Waals surface area contributed by atoms with Gasteiger partial charge < -0.3 is 4.74 Å². The van der Waals surface area contributed by atoms with E-state index in [2.05, 4.69) is 4.90 Å². The normalized spacial score (nSPS) is 15.5. The average molecular weight is 229 g/mol. The van der Waals surface area contributed by atoms with E-state index in [1.165, 1.54) is 31.5 Å². The minimum absolute atomic E-state index is 0.498. The molecule has 1 heterocycles. The quantitative estimate of drug-likeness (QED) is 0.343. The van der Waals surface area contributed by atoms with Crippen LogP contribution in [0.25, 0.3) is 0 Å². The third-order valence-corrected chi connectivity index (χ3v) is 2.86. The number of rotatable bonds is 3. The number of hydrogen-bond acceptors (Lipinski definition) is 3. The lowest BCUT2D eigenvalue weighted by molar-refractivity contribution is -0.128. The van der Waals surface area contributed by atoms with Crippen molar-refractivity contribution in [2.75, 3.05) is 13.1 Å². The summed E-state index contributed by atoms with van der Waals surface area (Å²) in [6, 6.07) is 7.50. The molecule has 88 valence electrons. The van der Waals surface area contributed by atoms with Gasteiger partial charge in [0.1, 0.15) is 5.75 Å². The summed E-state index contributed by atoms with van der Waals surface area (Å²) in [4.78, 5) is 13.3. The van der Waals surface area contributed by atoms with Crippen molar-refractivity contribution in [3.8, 4) is 18.1 Å². The van der Waals surface area contributed by atoms with Gasteiger partial charge in [0.15, 0.2) is 0 Å². The molecule has 2 rings (SSSR count). The lowest BCUT2D eigenvalue weighted by atomic mass is 10.2. The van der Waals surface area contributed by atoms with Gasteiger partial charge >= 0.3 is 5.97 Å². The van der Waals surface area contributed by atoms with Crippen molar-refractivity contribution in [2.24, 2.45) is 0 Å². The second kappa shape index (κ2) is 5.51. The molecule has 0 aliphatic carbocycles. The zero-order valence-corrected chi connectivity index (χ0v) is 9.69. The van der Waals surface area contributed by atoms with Gasteiger partial charge in [-0.1, -0.05) is 12.1 Å².